The monoisotopic (exact) mass is 438 g/mol. The summed E-state index contributed by atoms with van der Waals surface area (Å²) in [5.41, 5.74) is 0.627. The first-order chi connectivity index (χ1) is 14.3. The number of alkyl halides is 1. The average Bonchev–Trinajstić information content (AvgIpc) is 2.74. The summed E-state index contributed by atoms with van der Waals surface area (Å²) in [5.74, 6) is -1.16. The number of nitrogens with one attached hydrogen (secondary N) is 1. The number of benzene rings is 2. The summed E-state index contributed by atoms with van der Waals surface area (Å²) in [6.07, 6.45) is -0.483. The number of likely N-dealkylation sites (N-methyl/N-ethyl adjacent to an activating group) is 1. The van der Waals surface area contributed by atoms with Crippen LogP contribution in [0.2, 0.25) is 0 Å². The molecule has 0 aromatic heterocycles. The lowest BCUT2D eigenvalue weighted by Gasteiger charge is -2.29. The molecule has 0 radical (unpaired) electrons. The molecule has 0 unspecified atom stereocenters. The van der Waals surface area contributed by atoms with Gasteiger partial charge in [0.05, 0.1) is 10.7 Å². The van der Waals surface area contributed by atoms with Crippen molar-refractivity contribution in [2.24, 2.45) is 0 Å². The smallest absolute Gasteiger partial charge is 0.244 e. The highest BCUT2D eigenvalue weighted by Gasteiger charge is 2.36. The molecule has 0 bridgehead atoms. The van der Waals surface area contributed by atoms with Gasteiger partial charge in [-0.05, 0) is 29.8 Å². The molecular weight excluding hydrogens is 414 g/mol. The van der Waals surface area contributed by atoms with Gasteiger partial charge in [0.1, 0.15) is 25.1 Å². The number of ether oxygens (including phenoxy) is 1. The third-order valence-corrected chi connectivity index (χ3v) is 6.14. The third kappa shape index (κ3) is 6.11. The van der Waals surface area contributed by atoms with E-state index in [0.717, 1.165) is 4.31 Å². The van der Waals surface area contributed by atoms with E-state index in [0.29, 0.717) is 11.3 Å². The zero-order valence-electron chi connectivity index (χ0n) is 16.6. The predicted molar refractivity (Wildman–Crippen MR) is 110 cm³/mol. The number of carbonyl (C=O) groups excluding carboxylic acids is 1. The molecule has 1 amide bonds. The minimum atomic E-state index is -4.20. The first-order valence-electron chi connectivity index (χ1n) is 9.19. The Kier molecular flexibility index (Phi) is 8.49. The van der Waals surface area contributed by atoms with Gasteiger partial charge in [0, 0.05) is 20.0 Å². The maximum atomic E-state index is 13.7. The summed E-state index contributed by atoms with van der Waals surface area (Å²) in [4.78, 5) is 12.3. The third-order valence-electron chi connectivity index (χ3n) is 4.27. The molecule has 0 saturated heterocycles. The SMILES string of the molecule is C=C(F)C[C@@H](C(=O)NC)N(Cc1ccccc1)S(=O)(=O)c1ccc(OCCF)cc1. The van der Waals surface area contributed by atoms with Crippen molar-refractivity contribution in [2.75, 3.05) is 20.3 Å². The van der Waals surface area contributed by atoms with Crippen LogP contribution in [0.15, 0.2) is 71.9 Å². The molecule has 0 fully saturated rings. The van der Waals surface area contributed by atoms with Crippen LogP contribution < -0.4 is 10.1 Å². The fourth-order valence-corrected chi connectivity index (χ4v) is 4.40. The van der Waals surface area contributed by atoms with Crippen LogP contribution in [0.3, 0.4) is 0 Å². The Morgan fingerprint density at radius 2 is 1.80 bits per heavy atom. The molecule has 0 aliphatic heterocycles. The summed E-state index contributed by atoms with van der Waals surface area (Å²) in [6.45, 7) is 2.21. The lowest BCUT2D eigenvalue weighted by molar-refractivity contribution is -0.124. The van der Waals surface area contributed by atoms with Crippen LogP contribution in [-0.4, -0.2) is 45.0 Å². The summed E-state index contributed by atoms with van der Waals surface area (Å²) >= 11 is 0. The topological polar surface area (TPSA) is 75.7 Å². The van der Waals surface area contributed by atoms with E-state index in [4.69, 9.17) is 4.74 Å². The van der Waals surface area contributed by atoms with Gasteiger partial charge in [0.2, 0.25) is 15.9 Å². The van der Waals surface area contributed by atoms with E-state index < -0.39 is 40.9 Å². The molecule has 9 heteroatoms. The van der Waals surface area contributed by atoms with Gasteiger partial charge in [0.15, 0.2) is 0 Å². The van der Waals surface area contributed by atoms with Gasteiger partial charge in [-0.2, -0.15) is 4.31 Å². The number of halogens is 2. The highest BCUT2D eigenvalue weighted by atomic mass is 32.2. The highest BCUT2D eigenvalue weighted by Crippen LogP contribution is 2.26. The number of hydrogen-bond acceptors (Lipinski definition) is 4. The van der Waals surface area contributed by atoms with Gasteiger partial charge in [-0.1, -0.05) is 36.9 Å². The van der Waals surface area contributed by atoms with Crippen molar-refractivity contribution in [3.05, 3.63) is 72.6 Å². The Balaban J connectivity index is 2.47. The first-order valence-corrected chi connectivity index (χ1v) is 10.6. The molecular formula is C21H24F2N2O4S. The van der Waals surface area contributed by atoms with E-state index in [2.05, 4.69) is 11.9 Å². The number of rotatable bonds is 11. The molecule has 0 heterocycles. The Labute approximate surface area is 175 Å². The van der Waals surface area contributed by atoms with E-state index in [-0.39, 0.29) is 18.0 Å². The van der Waals surface area contributed by atoms with Crippen molar-refractivity contribution in [3.8, 4) is 5.75 Å². The van der Waals surface area contributed by atoms with Crippen molar-refractivity contribution in [1.29, 1.82) is 0 Å². The molecule has 30 heavy (non-hydrogen) atoms. The van der Waals surface area contributed by atoms with Gasteiger partial charge in [-0.25, -0.2) is 17.2 Å². The van der Waals surface area contributed by atoms with Gasteiger partial charge < -0.3 is 10.1 Å². The minimum Gasteiger partial charge on any atom is -0.491 e. The van der Waals surface area contributed by atoms with Gasteiger partial charge in [-0.3, -0.25) is 4.79 Å². The van der Waals surface area contributed by atoms with Crippen LogP contribution in [0, 0.1) is 0 Å². The summed E-state index contributed by atoms with van der Waals surface area (Å²) in [6, 6.07) is 12.7. The largest absolute Gasteiger partial charge is 0.491 e. The maximum Gasteiger partial charge on any atom is 0.244 e. The fourth-order valence-electron chi connectivity index (χ4n) is 2.83. The molecule has 0 aliphatic rings. The Bertz CT molecular complexity index is 951. The van der Waals surface area contributed by atoms with Crippen LogP contribution >= 0.6 is 0 Å². The van der Waals surface area contributed by atoms with E-state index in [9.17, 15) is 22.0 Å². The number of amides is 1. The van der Waals surface area contributed by atoms with E-state index in [1.807, 2.05) is 0 Å². The Hall–Kier alpha value is -2.78. The predicted octanol–water partition coefficient (Wildman–Crippen LogP) is 3.21. The molecule has 162 valence electrons. The lowest BCUT2D eigenvalue weighted by atomic mass is 10.1. The highest BCUT2D eigenvalue weighted by molar-refractivity contribution is 7.89. The van der Waals surface area contributed by atoms with Gasteiger partial charge in [-0.15, -0.1) is 0 Å². The van der Waals surface area contributed by atoms with Crippen molar-refractivity contribution < 1.29 is 26.7 Å². The van der Waals surface area contributed by atoms with E-state index in [1.54, 1.807) is 30.3 Å². The zero-order valence-corrected chi connectivity index (χ0v) is 17.4. The molecule has 0 aliphatic carbocycles. The van der Waals surface area contributed by atoms with Crippen LogP contribution in [0.5, 0.6) is 5.75 Å². The second kappa shape index (κ2) is 10.8. The van der Waals surface area contributed by atoms with Gasteiger partial charge >= 0.3 is 0 Å². The molecule has 1 N–H and O–H groups in total. The molecule has 2 aromatic carbocycles. The molecule has 1 atom stereocenters. The summed E-state index contributed by atoms with van der Waals surface area (Å²) in [7, 11) is -2.85. The number of carbonyl (C=O) groups is 1. The summed E-state index contributed by atoms with van der Waals surface area (Å²) < 4.78 is 58.8. The maximum absolute atomic E-state index is 13.7. The van der Waals surface area contributed by atoms with Crippen LogP contribution in [-0.2, 0) is 21.4 Å². The molecule has 0 spiro atoms. The Morgan fingerprint density at radius 1 is 1.17 bits per heavy atom. The number of hydrogen-bond donors (Lipinski definition) is 1. The summed E-state index contributed by atoms with van der Waals surface area (Å²) in [5, 5.41) is 2.38. The average molecular weight is 438 g/mol. The van der Waals surface area contributed by atoms with Crippen LogP contribution in [0.25, 0.3) is 0 Å². The quantitative estimate of drug-likeness (QED) is 0.585. The Morgan fingerprint density at radius 3 is 2.33 bits per heavy atom. The molecule has 0 saturated carbocycles. The molecule has 6 nitrogen and oxygen atoms in total. The normalized spacial score (nSPS) is 12.4. The van der Waals surface area contributed by atoms with Crippen molar-refractivity contribution in [3.63, 3.8) is 0 Å². The second-order valence-corrected chi connectivity index (χ2v) is 8.29. The van der Waals surface area contributed by atoms with Crippen molar-refractivity contribution >= 4 is 15.9 Å². The van der Waals surface area contributed by atoms with E-state index in [1.165, 1.54) is 31.3 Å². The first kappa shape index (κ1) is 23.5. The number of nitrogens with zero attached hydrogens (tertiary/aromatic N) is 1. The van der Waals surface area contributed by atoms with Crippen molar-refractivity contribution in [2.45, 2.75) is 23.9 Å². The van der Waals surface area contributed by atoms with Crippen molar-refractivity contribution in [1.82, 2.24) is 9.62 Å². The number of sulfonamides is 1. The van der Waals surface area contributed by atoms with Gasteiger partial charge in [0.25, 0.3) is 0 Å². The standard InChI is InChI=1S/C21H24F2N2O4S/c1-16(23)14-20(21(26)24-2)25(15-17-6-4-3-5-7-17)30(27,28)19-10-8-18(9-11-19)29-13-12-22/h3-11,20H,1,12-15H2,2H3,(H,24,26)/t20-/m0/s1. The fraction of sp³-hybridized carbons (Fsp3) is 0.286. The molecule has 2 rings (SSSR count). The molecule has 2 aromatic rings. The lowest BCUT2D eigenvalue weighted by Crippen LogP contribution is -2.48. The van der Waals surface area contributed by atoms with E-state index >= 15 is 0 Å². The minimum absolute atomic E-state index is 0.107. The second-order valence-electron chi connectivity index (χ2n) is 6.40. The van der Waals surface area contributed by atoms with Crippen LogP contribution in [0.4, 0.5) is 8.78 Å². The van der Waals surface area contributed by atoms with Crippen LogP contribution in [0.1, 0.15) is 12.0 Å². The zero-order chi connectivity index (χ0) is 22.1.